The first kappa shape index (κ1) is 12.6. The monoisotopic (exact) mass is 247 g/mol. The molecule has 1 amide bonds. The summed E-state index contributed by atoms with van der Waals surface area (Å²) < 4.78 is 0. The Hall–Kier alpha value is -1.84. The summed E-state index contributed by atoms with van der Waals surface area (Å²) in [6, 6.07) is 9.32. The zero-order chi connectivity index (χ0) is 13.2. The number of carbonyl (C=O) groups is 2. The van der Waals surface area contributed by atoms with Crippen molar-refractivity contribution in [2.75, 3.05) is 0 Å². The Kier molecular flexibility index (Phi) is 3.36. The smallest absolute Gasteiger partial charge is 0.329 e. The number of nitrogens with one attached hydrogen (secondary N) is 1. The molecular weight excluding hydrogens is 230 g/mol. The summed E-state index contributed by atoms with van der Waals surface area (Å²) in [5.74, 6) is -1.13. The Balaban J connectivity index is 2.00. The van der Waals surface area contributed by atoms with Crippen LogP contribution in [0.15, 0.2) is 30.3 Å². The molecule has 0 spiro atoms. The van der Waals surface area contributed by atoms with E-state index in [0.717, 1.165) is 18.4 Å². The Bertz CT molecular complexity index is 453. The van der Waals surface area contributed by atoms with E-state index >= 15 is 0 Å². The molecule has 1 aliphatic carbocycles. The molecule has 1 fully saturated rings. The predicted octanol–water partition coefficient (Wildman–Crippen LogP) is 1.60. The number of carboxylic acid groups (broad SMARTS) is 1. The lowest BCUT2D eigenvalue weighted by atomic mass is 9.95. The normalized spacial score (nSPS) is 17.8. The fourth-order valence-corrected chi connectivity index (χ4v) is 2.11. The first-order valence-electron chi connectivity index (χ1n) is 6.10. The van der Waals surface area contributed by atoms with Gasteiger partial charge in [-0.1, -0.05) is 30.3 Å². The number of rotatable bonds is 5. The van der Waals surface area contributed by atoms with Gasteiger partial charge in [0.1, 0.15) is 5.54 Å². The van der Waals surface area contributed by atoms with Crippen molar-refractivity contribution in [3.63, 3.8) is 0 Å². The number of aliphatic carboxylic acids is 1. The molecule has 1 atom stereocenters. The molecule has 4 heteroatoms. The van der Waals surface area contributed by atoms with Crippen LogP contribution in [0.25, 0.3) is 0 Å². The second-order valence-corrected chi connectivity index (χ2v) is 4.99. The van der Waals surface area contributed by atoms with Gasteiger partial charge in [-0.15, -0.1) is 0 Å². The van der Waals surface area contributed by atoms with Crippen LogP contribution in [0.5, 0.6) is 0 Å². The summed E-state index contributed by atoms with van der Waals surface area (Å²) in [6.45, 7) is 1.59. The van der Waals surface area contributed by atoms with Crippen LogP contribution in [0.1, 0.15) is 25.3 Å². The number of carboxylic acids is 1. The Morgan fingerprint density at radius 2 is 1.94 bits per heavy atom. The van der Waals surface area contributed by atoms with Gasteiger partial charge in [0.05, 0.1) is 6.42 Å². The van der Waals surface area contributed by atoms with Crippen LogP contribution in [0, 0.1) is 5.92 Å². The van der Waals surface area contributed by atoms with E-state index in [2.05, 4.69) is 5.32 Å². The third kappa shape index (κ3) is 2.70. The standard InChI is InChI=1S/C14H17NO3/c1-14(13(17)18,11-7-8-11)15-12(16)9-10-5-3-2-4-6-10/h2-6,11H,7-9H2,1H3,(H,15,16)(H,17,18). The maximum Gasteiger partial charge on any atom is 0.329 e. The predicted molar refractivity (Wildman–Crippen MR) is 67.1 cm³/mol. The summed E-state index contributed by atoms with van der Waals surface area (Å²) >= 11 is 0. The highest BCUT2D eigenvalue weighted by Crippen LogP contribution is 2.39. The third-order valence-corrected chi connectivity index (χ3v) is 3.44. The molecule has 0 saturated heterocycles. The molecule has 1 aliphatic rings. The first-order valence-corrected chi connectivity index (χ1v) is 6.10. The summed E-state index contributed by atoms with van der Waals surface area (Å²) in [6.07, 6.45) is 1.96. The van der Waals surface area contributed by atoms with Gasteiger partial charge in [0.2, 0.25) is 5.91 Å². The molecule has 1 saturated carbocycles. The maximum atomic E-state index is 11.9. The molecule has 1 aromatic rings. The molecule has 96 valence electrons. The van der Waals surface area contributed by atoms with Crippen molar-refractivity contribution >= 4 is 11.9 Å². The van der Waals surface area contributed by atoms with Crippen molar-refractivity contribution < 1.29 is 14.7 Å². The minimum absolute atomic E-state index is 0.0646. The molecular formula is C14H17NO3. The average Bonchev–Trinajstić information content (AvgIpc) is 3.13. The minimum atomic E-state index is -1.12. The molecule has 0 radical (unpaired) electrons. The second kappa shape index (κ2) is 4.80. The third-order valence-electron chi connectivity index (χ3n) is 3.44. The highest BCUT2D eigenvalue weighted by molar-refractivity contribution is 5.88. The molecule has 0 aromatic heterocycles. The quantitative estimate of drug-likeness (QED) is 0.830. The van der Waals surface area contributed by atoms with Crippen molar-refractivity contribution in [1.29, 1.82) is 0 Å². The van der Waals surface area contributed by atoms with Gasteiger partial charge in [-0.05, 0) is 31.2 Å². The number of carbonyl (C=O) groups excluding carboxylic acids is 1. The van der Waals surface area contributed by atoms with E-state index in [-0.39, 0.29) is 18.2 Å². The summed E-state index contributed by atoms with van der Waals surface area (Å²) in [4.78, 5) is 23.2. The lowest BCUT2D eigenvalue weighted by Gasteiger charge is -2.26. The van der Waals surface area contributed by atoms with Gasteiger partial charge in [-0.2, -0.15) is 0 Å². The molecule has 0 bridgehead atoms. The zero-order valence-electron chi connectivity index (χ0n) is 10.3. The number of hydrogen-bond acceptors (Lipinski definition) is 2. The lowest BCUT2D eigenvalue weighted by molar-refractivity contribution is -0.147. The molecule has 4 nitrogen and oxygen atoms in total. The van der Waals surface area contributed by atoms with Crippen molar-refractivity contribution in [3.05, 3.63) is 35.9 Å². The minimum Gasteiger partial charge on any atom is -0.480 e. The second-order valence-electron chi connectivity index (χ2n) is 4.99. The van der Waals surface area contributed by atoms with E-state index in [4.69, 9.17) is 0 Å². The SMILES string of the molecule is CC(NC(=O)Cc1ccccc1)(C(=O)O)C1CC1. The molecule has 18 heavy (non-hydrogen) atoms. The van der Waals surface area contributed by atoms with E-state index < -0.39 is 11.5 Å². The van der Waals surface area contributed by atoms with Gasteiger partial charge in [0.25, 0.3) is 0 Å². The summed E-state index contributed by atoms with van der Waals surface area (Å²) in [7, 11) is 0. The van der Waals surface area contributed by atoms with Crippen molar-refractivity contribution in [2.24, 2.45) is 5.92 Å². The lowest BCUT2D eigenvalue weighted by Crippen LogP contribution is -2.54. The van der Waals surface area contributed by atoms with Crippen LogP contribution in [-0.2, 0) is 16.0 Å². The van der Waals surface area contributed by atoms with Gasteiger partial charge in [0.15, 0.2) is 0 Å². The summed E-state index contributed by atoms with van der Waals surface area (Å²) in [5, 5.41) is 11.9. The molecule has 2 rings (SSSR count). The Morgan fingerprint density at radius 3 is 2.44 bits per heavy atom. The van der Waals surface area contributed by atoms with Crippen molar-refractivity contribution in [1.82, 2.24) is 5.32 Å². The van der Waals surface area contributed by atoms with Gasteiger partial charge in [0, 0.05) is 0 Å². The van der Waals surface area contributed by atoms with Crippen LogP contribution in [0.4, 0.5) is 0 Å². The van der Waals surface area contributed by atoms with Crippen LogP contribution < -0.4 is 5.32 Å². The Labute approximate surface area is 106 Å². The van der Waals surface area contributed by atoms with E-state index in [1.807, 2.05) is 30.3 Å². The molecule has 0 heterocycles. The van der Waals surface area contributed by atoms with Gasteiger partial charge < -0.3 is 10.4 Å². The van der Waals surface area contributed by atoms with E-state index in [0.29, 0.717) is 0 Å². The molecule has 1 unspecified atom stereocenters. The topological polar surface area (TPSA) is 66.4 Å². The fraction of sp³-hybridized carbons (Fsp3) is 0.429. The highest BCUT2D eigenvalue weighted by atomic mass is 16.4. The molecule has 2 N–H and O–H groups in total. The van der Waals surface area contributed by atoms with Crippen LogP contribution in [-0.4, -0.2) is 22.5 Å². The van der Waals surface area contributed by atoms with Gasteiger partial charge >= 0.3 is 5.97 Å². The van der Waals surface area contributed by atoms with Gasteiger partial charge in [-0.25, -0.2) is 4.79 Å². The van der Waals surface area contributed by atoms with E-state index in [1.165, 1.54) is 0 Å². The fourth-order valence-electron chi connectivity index (χ4n) is 2.11. The van der Waals surface area contributed by atoms with E-state index in [1.54, 1.807) is 6.92 Å². The van der Waals surface area contributed by atoms with Crippen LogP contribution >= 0.6 is 0 Å². The zero-order valence-corrected chi connectivity index (χ0v) is 10.3. The molecule has 0 aliphatic heterocycles. The Morgan fingerprint density at radius 1 is 1.33 bits per heavy atom. The largest absolute Gasteiger partial charge is 0.480 e. The number of hydrogen-bond donors (Lipinski definition) is 2. The van der Waals surface area contributed by atoms with Crippen LogP contribution in [0.2, 0.25) is 0 Å². The first-order chi connectivity index (χ1) is 8.52. The molecule has 1 aromatic carbocycles. The number of amides is 1. The highest BCUT2D eigenvalue weighted by Gasteiger charge is 2.48. The van der Waals surface area contributed by atoms with Crippen LogP contribution in [0.3, 0.4) is 0 Å². The van der Waals surface area contributed by atoms with E-state index in [9.17, 15) is 14.7 Å². The van der Waals surface area contributed by atoms with Crippen molar-refractivity contribution in [2.45, 2.75) is 31.7 Å². The summed E-state index contributed by atoms with van der Waals surface area (Å²) in [5.41, 5.74) is -0.232. The van der Waals surface area contributed by atoms with Gasteiger partial charge in [-0.3, -0.25) is 4.79 Å². The number of benzene rings is 1. The average molecular weight is 247 g/mol. The van der Waals surface area contributed by atoms with Crippen molar-refractivity contribution in [3.8, 4) is 0 Å². The maximum absolute atomic E-state index is 11.9.